The molecule has 0 radical (unpaired) electrons. The van der Waals surface area contributed by atoms with Crippen molar-refractivity contribution >= 4 is 10.0 Å². The van der Waals surface area contributed by atoms with Crippen molar-refractivity contribution in [3.63, 3.8) is 0 Å². The third kappa shape index (κ3) is 4.03. The zero-order valence-electron chi connectivity index (χ0n) is 11.4. The Labute approximate surface area is 115 Å². The van der Waals surface area contributed by atoms with Crippen molar-refractivity contribution in [1.82, 2.24) is 9.62 Å². The Morgan fingerprint density at radius 1 is 1.21 bits per heavy atom. The van der Waals surface area contributed by atoms with Crippen molar-refractivity contribution in [2.75, 3.05) is 25.9 Å². The molecule has 0 aromatic heterocycles. The lowest BCUT2D eigenvalue weighted by Crippen LogP contribution is -2.44. The van der Waals surface area contributed by atoms with Crippen LogP contribution in [-0.2, 0) is 16.4 Å². The summed E-state index contributed by atoms with van der Waals surface area (Å²) in [6, 6.07) is 10.2. The first-order chi connectivity index (χ1) is 9.12. The molecule has 0 unspecified atom stereocenters. The molecule has 1 aliphatic heterocycles. The molecular weight excluding hydrogens is 260 g/mol. The van der Waals surface area contributed by atoms with Crippen LogP contribution in [0.2, 0.25) is 0 Å². The summed E-state index contributed by atoms with van der Waals surface area (Å²) in [5.74, 6) is 0.210. The molecule has 106 valence electrons. The van der Waals surface area contributed by atoms with Crippen LogP contribution in [0.3, 0.4) is 0 Å². The second kappa shape index (κ2) is 6.50. The Morgan fingerprint density at radius 3 is 2.42 bits per heavy atom. The van der Waals surface area contributed by atoms with E-state index in [0.29, 0.717) is 25.6 Å². The first kappa shape index (κ1) is 14.5. The van der Waals surface area contributed by atoms with Gasteiger partial charge in [0.1, 0.15) is 0 Å². The number of sulfonamides is 1. The van der Waals surface area contributed by atoms with Crippen molar-refractivity contribution in [3.8, 4) is 0 Å². The predicted molar refractivity (Wildman–Crippen MR) is 77.6 cm³/mol. The summed E-state index contributed by atoms with van der Waals surface area (Å²) >= 11 is 0. The topological polar surface area (TPSA) is 49.4 Å². The maximum atomic E-state index is 12.3. The summed E-state index contributed by atoms with van der Waals surface area (Å²) in [5, 5.41) is 3.21. The zero-order valence-corrected chi connectivity index (χ0v) is 12.2. The smallest absolute Gasteiger partial charge is 0.214 e. The van der Waals surface area contributed by atoms with Gasteiger partial charge in [-0.3, -0.25) is 0 Å². The highest BCUT2D eigenvalue weighted by Crippen LogP contribution is 2.15. The van der Waals surface area contributed by atoms with Crippen LogP contribution in [0.15, 0.2) is 30.3 Å². The minimum absolute atomic E-state index is 0.210. The Balaban J connectivity index is 1.89. The highest BCUT2D eigenvalue weighted by Gasteiger charge is 2.26. The fourth-order valence-electron chi connectivity index (χ4n) is 2.44. The number of piperidine rings is 1. The van der Waals surface area contributed by atoms with Crippen LogP contribution in [0.1, 0.15) is 18.4 Å². The fourth-order valence-corrected chi connectivity index (χ4v) is 3.96. The van der Waals surface area contributed by atoms with E-state index < -0.39 is 10.0 Å². The molecule has 0 atom stereocenters. The fraction of sp³-hybridized carbons (Fsp3) is 0.571. The van der Waals surface area contributed by atoms with Gasteiger partial charge in [0.05, 0.1) is 5.75 Å². The molecule has 1 fully saturated rings. The molecule has 1 aliphatic rings. The average Bonchev–Trinajstić information content (AvgIpc) is 2.46. The molecule has 1 heterocycles. The number of rotatable bonds is 5. The molecule has 1 N–H and O–H groups in total. The van der Waals surface area contributed by atoms with Crippen LogP contribution in [0, 0.1) is 0 Å². The lowest BCUT2D eigenvalue weighted by atomic mass is 10.1. The minimum atomic E-state index is -3.11. The minimum Gasteiger partial charge on any atom is -0.317 e. The number of benzene rings is 1. The SMILES string of the molecule is CNC1CCN(S(=O)(=O)CCc2ccccc2)CC1. The van der Waals surface area contributed by atoms with Gasteiger partial charge in [-0.15, -0.1) is 0 Å². The summed E-state index contributed by atoms with van der Waals surface area (Å²) in [4.78, 5) is 0. The molecule has 4 nitrogen and oxygen atoms in total. The Hall–Kier alpha value is -0.910. The van der Waals surface area contributed by atoms with Crippen LogP contribution in [0.4, 0.5) is 0 Å². The molecule has 0 spiro atoms. The molecule has 0 aliphatic carbocycles. The van der Waals surface area contributed by atoms with Gasteiger partial charge in [-0.05, 0) is 31.9 Å². The third-order valence-electron chi connectivity index (χ3n) is 3.75. The number of nitrogens with one attached hydrogen (secondary N) is 1. The maximum Gasteiger partial charge on any atom is 0.214 e. The second-order valence-electron chi connectivity index (χ2n) is 5.01. The van der Waals surface area contributed by atoms with E-state index in [9.17, 15) is 8.42 Å². The average molecular weight is 282 g/mol. The number of aryl methyl sites for hydroxylation is 1. The number of hydrogen-bond acceptors (Lipinski definition) is 3. The highest BCUT2D eigenvalue weighted by atomic mass is 32.2. The van der Waals surface area contributed by atoms with Crippen LogP contribution in [0.5, 0.6) is 0 Å². The molecule has 1 aromatic carbocycles. The van der Waals surface area contributed by atoms with Gasteiger partial charge >= 0.3 is 0 Å². The third-order valence-corrected chi connectivity index (χ3v) is 5.62. The molecule has 5 heteroatoms. The molecule has 1 aromatic rings. The van der Waals surface area contributed by atoms with Crippen molar-refractivity contribution < 1.29 is 8.42 Å². The van der Waals surface area contributed by atoms with Crippen molar-refractivity contribution in [1.29, 1.82) is 0 Å². The van der Waals surface area contributed by atoms with Crippen molar-refractivity contribution in [2.24, 2.45) is 0 Å². The second-order valence-corrected chi connectivity index (χ2v) is 7.10. The van der Waals surface area contributed by atoms with Gasteiger partial charge in [0.25, 0.3) is 0 Å². The van der Waals surface area contributed by atoms with Crippen LogP contribution in [0.25, 0.3) is 0 Å². The van der Waals surface area contributed by atoms with Gasteiger partial charge < -0.3 is 5.32 Å². The number of nitrogens with zero attached hydrogens (tertiary/aromatic N) is 1. The predicted octanol–water partition coefficient (Wildman–Crippen LogP) is 1.24. The first-order valence-corrected chi connectivity index (χ1v) is 8.42. The van der Waals surface area contributed by atoms with E-state index in [2.05, 4.69) is 5.32 Å². The molecule has 0 saturated carbocycles. The quantitative estimate of drug-likeness (QED) is 0.884. The molecule has 1 saturated heterocycles. The Bertz CT molecular complexity index is 479. The summed E-state index contributed by atoms with van der Waals surface area (Å²) in [7, 11) is -1.17. The van der Waals surface area contributed by atoms with Crippen LogP contribution in [-0.4, -0.2) is 44.7 Å². The monoisotopic (exact) mass is 282 g/mol. The van der Waals surface area contributed by atoms with Gasteiger partial charge in [0.15, 0.2) is 0 Å². The van der Waals surface area contributed by atoms with E-state index in [0.717, 1.165) is 18.4 Å². The molecule has 2 rings (SSSR count). The maximum absolute atomic E-state index is 12.3. The van der Waals surface area contributed by atoms with Gasteiger partial charge in [-0.2, -0.15) is 0 Å². The molecule has 19 heavy (non-hydrogen) atoms. The lowest BCUT2D eigenvalue weighted by molar-refractivity contribution is 0.298. The van der Waals surface area contributed by atoms with E-state index in [1.165, 1.54) is 0 Å². The summed E-state index contributed by atoms with van der Waals surface area (Å²) in [5.41, 5.74) is 1.08. The first-order valence-electron chi connectivity index (χ1n) is 6.81. The van der Waals surface area contributed by atoms with Crippen molar-refractivity contribution in [2.45, 2.75) is 25.3 Å². The molecular formula is C14H22N2O2S. The Kier molecular flexibility index (Phi) is 4.96. The van der Waals surface area contributed by atoms with E-state index in [1.807, 2.05) is 37.4 Å². The van der Waals surface area contributed by atoms with E-state index in [4.69, 9.17) is 0 Å². The molecule has 0 bridgehead atoms. The van der Waals surface area contributed by atoms with Gasteiger partial charge in [-0.25, -0.2) is 12.7 Å². The Morgan fingerprint density at radius 2 is 1.84 bits per heavy atom. The largest absolute Gasteiger partial charge is 0.317 e. The standard InChI is InChI=1S/C14H22N2O2S/c1-15-14-7-10-16(11-8-14)19(17,18)12-9-13-5-3-2-4-6-13/h2-6,14-15H,7-12H2,1H3. The normalized spacial score (nSPS) is 18.6. The molecule has 0 amide bonds. The van der Waals surface area contributed by atoms with Crippen molar-refractivity contribution in [3.05, 3.63) is 35.9 Å². The zero-order chi connectivity index (χ0) is 13.7. The van der Waals surface area contributed by atoms with Gasteiger partial charge in [0, 0.05) is 19.1 Å². The number of hydrogen-bond donors (Lipinski definition) is 1. The summed E-state index contributed by atoms with van der Waals surface area (Å²) in [6.07, 6.45) is 2.40. The van der Waals surface area contributed by atoms with E-state index >= 15 is 0 Å². The van der Waals surface area contributed by atoms with Gasteiger partial charge in [-0.1, -0.05) is 30.3 Å². The summed E-state index contributed by atoms with van der Waals surface area (Å²) in [6.45, 7) is 1.28. The lowest BCUT2D eigenvalue weighted by Gasteiger charge is -2.31. The summed E-state index contributed by atoms with van der Waals surface area (Å²) < 4.78 is 26.2. The van der Waals surface area contributed by atoms with E-state index in [1.54, 1.807) is 4.31 Å². The highest BCUT2D eigenvalue weighted by molar-refractivity contribution is 7.89. The van der Waals surface area contributed by atoms with Gasteiger partial charge in [0.2, 0.25) is 10.0 Å². The van der Waals surface area contributed by atoms with Crippen LogP contribution >= 0.6 is 0 Å². The van der Waals surface area contributed by atoms with Crippen LogP contribution < -0.4 is 5.32 Å². The van der Waals surface area contributed by atoms with E-state index in [-0.39, 0.29) is 5.75 Å².